The molecule has 0 aliphatic rings. The maximum atomic E-state index is 12.6. The van der Waals surface area contributed by atoms with Crippen molar-refractivity contribution in [3.8, 4) is 0 Å². The van der Waals surface area contributed by atoms with Crippen LogP contribution in [-0.4, -0.2) is 26.5 Å². The van der Waals surface area contributed by atoms with Gasteiger partial charge in [-0.15, -0.1) is 0 Å². The van der Waals surface area contributed by atoms with Gasteiger partial charge in [-0.25, -0.2) is 13.2 Å². The van der Waals surface area contributed by atoms with Gasteiger partial charge in [0.15, 0.2) is 0 Å². The average Bonchev–Trinajstić information content (AvgIpc) is 2.61. The minimum Gasteiger partial charge on any atom is -0.465 e. The minimum atomic E-state index is -3.91. The van der Waals surface area contributed by atoms with Crippen LogP contribution < -0.4 is 10.5 Å². The molecular formula is C17H15N3O4S. The van der Waals surface area contributed by atoms with Crippen molar-refractivity contribution in [2.45, 2.75) is 4.90 Å². The Morgan fingerprint density at radius 2 is 1.88 bits per heavy atom. The Hall–Kier alpha value is -3.13. The van der Waals surface area contributed by atoms with Gasteiger partial charge >= 0.3 is 5.97 Å². The fraction of sp³-hybridized carbons (Fsp3) is 0.0588. The van der Waals surface area contributed by atoms with Gasteiger partial charge in [-0.2, -0.15) is 0 Å². The number of rotatable bonds is 4. The van der Waals surface area contributed by atoms with Crippen LogP contribution in [0.25, 0.3) is 10.9 Å². The Morgan fingerprint density at radius 3 is 2.60 bits per heavy atom. The summed E-state index contributed by atoms with van der Waals surface area (Å²) in [5.74, 6) is -0.528. The normalized spacial score (nSPS) is 11.2. The van der Waals surface area contributed by atoms with Crippen LogP contribution in [0, 0.1) is 0 Å². The first-order valence-corrected chi connectivity index (χ1v) is 8.76. The SMILES string of the molecule is COC(=O)c1ccnc2c(NS(=O)(=O)c3ccccc3N)cccc12. The van der Waals surface area contributed by atoms with Gasteiger partial charge in [-0.05, 0) is 24.3 Å². The third-order valence-electron chi connectivity index (χ3n) is 3.63. The van der Waals surface area contributed by atoms with Crippen LogP contribution in [0.3, 0.4) is 0 Å². The summed E-state index contributed by atoms with van der Waals surface area (Å²) in [5, 5.41) is 0.482. The Morgan fingerprint density at radius 1 is 1.12 bits per heavy atom. The lowest BCUT2D eigenvalue weighted by atomic mass is 10.1. The van der Waals surface area contributed by atoms with Gasteiger partial charge in [0.2, 0.25) is 0 Å². The summed E-state index contributed by atoms with van der Waals surface area (Å²) in [5.41, 5.74) is 6.77. The molecule has 0 spiro atoms. The number of pyridine rings is 1. The second-order valence-corrected chi connectivity index (χ2v) is 6.85. The molecule has 3 rings (SSSR count). The number of para-hydroxylation sites is 2. The molecule has 0 saturated heterocycles. The van der Waals surface area contributed by atoms with E-state index in [-0.39, 0.29) is 16.3 Å². The number of nitrogen functional groups attached to an aromatic ring is 1. The first kappa shape index (κ1) is 16.7. The quantitative estimate of drug-likeness (QED) is 0.548. The first-order chi connectivity index (χ1) is 11.9. The molecule has 3 N–H and O–H groups in total. The van der Waals surface area contributed by atoms with E-state index >= 15 is 0 Å². The average molecular weight is 357 g/mol. The van der Waals surface area contributed by atoms with Gasteiger partial charge in [0, 0.05) is 11.6 Å². The molecule has 0 amide bonds. The van der Waals surface area contributed by atoms with Crippen molar-refractivity contribution in [2.75, 3.05) is 17.6 Å². The van der Waals surface area contributed by atoms with E-state index < -0.39 is 16.0 Å². The van der Waals surface area contributed by atoms with Gasteiger partial charge in [0.25, 0.3) is 10.0 Å². The van der Waals surface area contributed by atoms with Crippen LogP contribution >= 0.6 is 0 Å². The smallest absolute Gasteiger partial charge is 0.338 e. The number of methoxy groups -OCH3 is 1. The summed E-state index contributed by atoms with van der Waals surface area (Å²) < 4.78 is 32.5. The number of sulfonamides is 1. The fourth-order valence-corrected chi connectivity index (χ4v) is 3.67. The second kappa shape index (κ2) is 6.40. The molecule has 0 aliphatic heterocycles. The maximum absolute atomic E-state index is 12.6. The van der Waals surface area contributed by atoms with Gasteiger partial charge < -0.3 is 10.5 Å². The third-order valence-corrected chi connectivity index (χ3v) is 5.07. The van der Waals surface area contributed by atoms with Crippen molar-refractivity contribution in [2.24, 2.45) is 0 Å². The monoisotopic (exact) mass is 357 g/mol. The summed E-state index contributed by atoms with van der Waals surface area (Å²) in [6.07, 6.45) is 1.42. The highest BCUT2D eigenvalue weighted by atomic mass is 32.2. The van der Waals surface area contributed by atoms with Gasteiger partial charge in [0.1, 0.15) is 4.90 Å². The summed E-state index contributed by atoms with van der Waals surface area (Å²) in [4.78, 5) is 16.0. The minimum absolute atomic E-state index is 0.0314. The Kier molecular flexibility index (Phi) is 4.28. The van der Waals surface area contributed by atoms with E-state index in [1.54, 1.807) is 30.3 Å². The van der Waals surface area contributed by atoms with Crippen molar-refractivity contribution in [1.29, 1.82) is 0 Å². The number of benzene rings is 2. The molecule has 7 nitrogen and oxygen atoms in total. The number of hydrogen-bond acceptors (Lipinski definition) is 6. The van der Waals surface area contributed by atoms with Gasteiger partial charge in [-0.3, -0.25) is 9.71 Å². The van der Waals surface area contributed by atoms with Crippen molar-refractivity contribution in [3.63, 3.8) is 0 Å². The van der Waals surface area contributed by atoms with Crippen molar-refractivity contribution < 1.29 is 17.9 Å². The number of nitrogens with two attached hydrogens (primary N) is 1. The zero-order valence-electron chi connectivity index (χ0n) is 13.3. The number of nitrogens with zero attached hydrogens (tertiary/aromatic N) is 1. The summed E-state index contributed by atoms with van der Waals surface area (Å²) in [7, 11) is -2.63. The summed E-state index contributed by atoms with van der Waals surface area (Å²) in [6, 6.07) is 12.5. The lowest BCUT2D eigenvalue weighted by molar-refractivity contribution is 0.0603. The van der Waals surface area contributed by atoms with Gasteiger partial charge in [-0.1, -0.05) is 24.3 Å². The topological polar surface area (TPSA) is 111 Å². The molecule has 0 unspecified atom stereocenters. The van der Waals surface area contributed by atoms with Crippen molar-refractivity contribution >= 4 is 38.3 Å². The van der Waals surface area contributed by atoms with Gasteiger partial charge in [0.05, 0.1) is 29.6 Å². The molecule has 128 valence electrons. The molecule has 0 bridgehead atoms. The molecule has 8 heteroatoms. The highest BCUT2D eigenvalue weighted by Crippen LogP contribution is 2.28. The predicted octanol–water partition coefficient (Wildman–Crippen LogP) is 2.40. The molecule has 0 fully saturated rings. The number of fused-ring (bicyclic) bond motifs is 1. The molecular weight excluding hydrogens is 342 g/mol. The van der Waals surface area contributed by atoms with E-state index in [2.05, 4.69) is 9.71 Å². The largest absolute Gasteiger partial charge is 0.465 e. The Bertz CT molecular complexity index is 1060. The molecule has 3 aromatic rings. The van der Waals surface area contributed by atoms with E-state index in [0.29, 0.717) is 16.5 Å². The number of nitrogens with one attached hydrogen (secondary N) is 1. The van der Waals surface area contributed by atoms with Crippen LogP contribution in [0.1, 0.15) is 10.4 Å². The van der Waals surface area contributed by atoms with Crippen molar-refractivity contribution in [1.82, 2.24) is 4.98 Å². The number of aromatic nitrogens is 1. The molecule has 0 saturated carbocycles. The summed E-state index contributed by atoms with van der Waals surface area (Å²) in [6.45, 7) is 0. The zero-order chi connectivity index (χ0) is 18.0. The van der Waals surface area contributed by atoms with Crippen LogP contribution in [-0.2, 0) is 14.8 Å². The Labute approximate surface area is 144 Å². The lowest BCUT2D eigenvalue weighted by Crippen LogP contribution is -2.15. The van der Waals surface area contributed by atoms with Crippen LogP contribution in [0.4, 0.5) is 11.4 Å². The fourth-order valence-electron chi connectivity index (χ4n) is 2.47. The van der Waals surface area contributed by atoms with Crippen molar-refractivity contribution in [3.05, 3.63) is 60.3 Å². The third kappa shape index (κ3) is 3.11. The van der Waals surface area contributed by atoms with E-state index in [1.807, 2.05) is 0 Å². The van der Waals surface area contributed by atoms with E-state index in [0.717, 1.165) is 0 Å². The predicted molar refractivity (Wildman–Crippen MR) is 94.7 cm³/mol. The first-order valence-electron chi connectivity index (χ1n) is 7.27. The molecule has 1 heterocycles. The molecule has 0 radical (unpaired) electrons. The molecule has 25 heavy (non-hydrogen) atoms. The second-order valence-electron chi connectivity index (χ2n) is 5.20. The number of carbonyl (C=O) groups is 1. The Balaban J connectivity index is 2.11. The number of esters is 1. The van der Waals surface area contributed by atoms with E-state index in [4.69, 9.17) is 10.5 Å². The number of ether oxygens (including phenoxy) is 1. The van der Waals surface area contributed by atoms with E-state index in [9.17, 15) is 13.2 Å². The zero-order valence-corrected chi connectivity index (χ0v) is 14.1. The molecule has 0 atom stereocenters. The highest BCUT2D eigenvalue weighted by molar-refractivity contribution is 7.93. The van der Waals surface area contributed by atoms with Crippen LogP contribution in [0.15, 0.2) is 59.6 Å². The maximum Gasteiger partial charge on any atom is 0.338 e. The van der Waals surface area contributed by atoms with E-state index in [1.165, 1.54) is 31.5 Å². The standard InChI is InChI=1S/C17H15N3O4S/c1-24-17(21)12-9-10-19-16-11(12)5-4-7-14(16)20-25(22,23)15-8-3-2-6-13(15)18/h2-10,20H,18H2,1H3. The molecule has 1 aromatic heterocycles. The number of carbonyl (C=O) groups excluding carboxylic acids is 1. The summed E-state index contributed by atoms with van der Waals surface area (Å²) >= 11 is 0. The number of hydrogen-bond donors (Lipinski definition) is 2. The van der Waals surface area contributed by atoms with Crippen LogP contribution in [0.2, 0.25) is 0 Å². The number of anilines is 2. The molecule has 0 aliphatic carbocycles. The highest BCUT2D eigenvalue weighted by Gasteiger charge is 2.19. The lowest BCUT2D eigenvalue weighted by Gasteiger charge is -2.12. The molecule has 2 aromatic carbocycles. The van der Waals surface area contributed by atoms with Crippen LogP contribution in [0.5, 0.6) is 0 Å².